The second-order valence-corrected chi connectivity index (χ2v) is 4.88. The SMILES string of the molecule is CCC(C(=O)Nc1ccccc1SC(F)F)C(N)=NO. The van der Waals surface area contributed by atoms with Gasteiger partial charge in [-0.25, -0.2) is 0 Å². The minimum Gasteiger partial charge on any atom is -0.409 e. The van der Waals surface area contributed by atoms with Crippen molar-refractivity contribution in [2.45, 2.75) is 24.0 Å². The summed E-state index contributed by atoms with van der Waals surface area (Å²) in [5.74, 6) is -4.13. The third-order valence-corrected chi connectivity index (χ3v) is 3.35. The lowest BCUT2D eigenvalue weighted by Gasteiger charge is -2.15. The Morgan fingerprint density at radius 3 is 2.70 bits per heavy atom. The number of nitrogens with two attached hydrogens (primary N) is 1. The lowest BCUT2D eigenvalue weighted by atomic mass is 10.0. The maximum absolute atomic E-state index is 12.4. The third-order valence-electron chi connectivity index (χ3n) is 2.56. The number of hydrogen-bond donors (Lipinski definition) is 3. The number of alkyl halides is 2. The van der Waals surface area contributed by atoms with Crippen molar-refractivity contribution in [3.8, 4) is 0 Å². The molecule has 1 aromatic rings. The highest BCUT2D eigenvalue weighted by Gasteiger charge is 2.22. The summed E-state index contributed by atoms with van der Waals surface area (Å²) in [6, 6.07) is 6.22. The summed E-state index contributed by atoms with van der Waals surface area (Å²) in [5.41, 5.74) is 5.69. The van der Waals surface area contributed by atoms with E-state index in [-0.39, 0.29) is 16.4 Å². The van der Waals surface area contributed by atoms with Crippen molar-refractivity contribution < 1.29 is 18.8 Å². The number of amidine groups is 1. The summed E-state index contributed by atoms with van der Waals surface area (Å²) >= 11 is 0.342. The first-order valence-electron chi connectivity index (χ1n) is 5.81. The molecule has 4 N–H and O–H groups in total. The number of anilines is 1. The van der Waals surface area contributed by atoms with Crippen LogP contribution in [0, 0.1) is 5.92 Å². The topological polar surface area (TPSA) is 87.7 Å². The highest BCUT2D eigenvalue weighted by atomic mass is 32.2. The van der Waals surface area contributed by atoms with E-state index >= 15 is 0 Å². The number of hydrogen-bond acceptors (Lipinski definition) is 4. The van der Waals surface area contributed by atoms with Crippen molar-refractivity contribution in [3.63, 3.8) is 0 Å². The number of benzene rings is 1. The smallest absolute Gasteiger partial charge is 0.288 e. The van der Waals surface area contributed by atoms with Gasteiger partial charge in [-0.2, -0.15) is 8.78 Å². The fraction of sp³-hybridized carbons (Fsp3) is 0.333. The first kappa shape index (κ1) is 16.2. The van der Waals surface area contributed by atoms with Crippen molar-refractivity contribution in [3.05, 3.63) is 24.3 Å². The number of thioether (sulfide) groups is 1. The van der Waals surface area contributed by atoms with Crippen LogP contribution in [0.2, 0.25) is 0 Å². The molecular formula is C12H15F2N3O2S. The summed E-state index contributed by atoms with van der Waals surface area (Å²) < 4.78 is 24.8. The van der Waals surface area contributed by atoms with Crippen LogP contribution in [0.15, 0.2) is 34.3 Å². The molecule has 110 valence electrons. The minimum absolute atomic E-state index is 0.219. The van der Waals surface area contributed by atoms with Crippen LogP contribution in [-0.4, -0.2) is 22.7 Å². The maximum Gasteiger partial charge on any atom is 0.288 e. The highest BCUT2D eigenvalue weighted by molar-refractivity contribution is 7.99. The minimum atomic E-state index is -2.58. The van der Waals surface area contributed by atoms with Crippen molar-refractivity contribution in [1.82, 2.24) is 0 Å². The number of nitrogens with one attached hydrogen (secondary N) is 1. The molecule has 5 nitrogen and oxygen atoms in total. The van der Waals surface area contributed by atoms with Crippen molar-refractivity contribution >= 4 is 29.2 Å². The van der Waals surface area contributed by atoms with E-state index < -0.39 is 17.6 Å². The molecule has 0 aliphatic carbocycles. The Morgan fingerprint density at radius 1 is 1.50 bits per heavy atom. The van der Waals surface area contributed by atoms with Gasteiger partial charge < -0.3 is 16.3 Å². The van der Waals surface area contributed by atoms with Gasteiger partial charge in [0.05, 0.1) is 11.6 Å². The molecule has 0 aliphatic rings. The van der Waals surface area contributed by atoms with Crippen LogP contribution >= 0.6 is 11.8 Å². The van der Waals surface area contributed by atoms with Gasteiger partial charge in [-0.05, 0) is 18.6 Å². The number of oxime groups is 1. The first-order chi connectivity index (χ1) is 9.49. The Hall–Kier alpha value is -1.83. The molecule has 1 atom stereocenters. The van der Waals surface area contributed by atoms with Crippen molar-refractivity contribution in [2.24, 2.45) is 16.8 Å². The summed E-state index contributed by atoms with van der Waals surface area (Å²) in [4.78, 5) is 12.3. The van der Waals surface area contributed by atoms with E-state index in [2.05, 4.69) is 10.5 Å². The van der Waals surface area contributed by atoms with E-state index in [0.717, 1.165) is 0 Å². The van der Waals surface area contributed by atoms with E-state index in [1.807, 2.05) is 0 Å². The number of para-hydroxylation sites is 1. The molecule has 0 spiro atoms. The molecule has 0 saturated carbocycles. The average Bonchev–Trinajstić information content (AvgIpc) is 2.41. The number of carbonyl (C=O) groups is 1. The number of carbonyl (C=O) groups excluding carboxylic acids is 1. The van der Waals surface area contributed by atoms with E-state index in [1.54, 1.807) is 19.1 Å². The van der Waals surface area contributed by atoms with Gasteiger partial charge >= 0.3 is 0 Å². The standard InChI is InChI=1S/C12H15F2N3O2S/c1-2-7(10(15)17-19)11(18)16-8-5-3-4-6-9(8)20-12(13)14/h3-7,12,19H,2H2,1H3,(H2,15,17)(H,16,18). The van der Waals surface area contributed by atoms with Gasteiger partial charge in [0, 0.05) is 4.90 Å². The zero-order chi connectivity index (χ0) is 15.1. The maximum atomic E-state index is 12.4. The highest BCUT2D eigenvalue weighted by Crippen LogP contribution is 2.31. The predicted molar refractivity (Wildman–Crippen MR) is 74.1 cm³/mol. The van der Waals surface area contributed by atoms with E-state index in [1.165, 1.54) is 12.1 Å². The zero-order valence-corrected chi connectivity index (χ0v) is 11.5. The molecule has 0 heterocycles. The summed E-state index contributed by atoms with van der Waals surface area (Å²) in [7, 11) is 0. The Balaban J connectivity index is 2.90. The normalized spacial score (nSPS) is 13.3. The van der Waals surface area contributed by atoms with E-state index in [0.29, 0.717) is 18.2 Å². The van der Waals surface area contributed by atoms with Gasteiger partial charge in [-0.1, -0.05) is 36.0 Å². The van der Waals surface area contributed by atoms with Gasteiger partial charge in [-0.3, -0.25) is 4.79 Å². The number of halogens is 2. The molecule has 0 fully saturated rings. The van der Waals surface area contributed by atoms with Gasteiger partial charge in [-0.15, -0.1) is 0 Å². The van der Waals surface area contributed by atoms with E-state index in [4.69, 9.17) is 10.9 Å². The van der Waals surface area contributed by atoms with Gasteiger partial charge in [0.15, 0.2) is 5.84 Å². The lowest BCUT2D eigenvalue weighted by Crippen LogP contribution is -2.34. The van der Waals surface area contributed by atoms with Crippen LogP contribution in [0.1, 0.15) is 13.3 Å². The Labute approximate surface area is 119 Å². The zero-order valence-electron chi connectivity index (χ0n) is 10.7. The predicted octanol–water partition coefficient (Wildman–Crippen LogP) is 2.71. The molecule has 1 unspecified atom stereocenters. The second kappa shape index (κ2) is 7.68. The van der Waals surface area contributed by atoms with Crippen LogP contribution in [0.5, 0.6) is 0 Å². The number of amides is 1. The van der Waals surface area contributed by atoms with Crippen molar-refractivity contribution in [1.29, 1.82) is 0 Å². The molecule has 20 heavy (non-hydrogen) atoms. The van der Waals surface area contributed by atoms with Gasteiger partial charge in [0.1, 0.15) is 0 Å². The molecule has 1 aromatic carbocycles. The molecule has 0 saturated heterocycles. The summed E-state index contributed by atoms with van der Waals surface area (Å²) in [6.07, 6.45) is 0.325. The number of rotatable bonds is 6. The van der Waals surface area contributed by atoms with Crippen LogP contribution in [0.3, 0.4) is 0 Å². The monoisotopic (exact) mass is 303 g/mol. The Morgan fingerprint density at radius 2 is 2.15 bits per heavy atom. The van der Waals surface area contributed by atoms with Gasteiger partial charge in [0.25, 0.3) is 5.76 Å². The van der Waals surface area contributed by atoms with Crippen LogP contribution < -0.4 is 11.1 Å². The lowest BCUT2D eigenvalue weighted by molar-refractivity contribution is -0.118. The molecule has 1 rings (SSSR count). The quantitative estimate of drug-likeness (QED) is 0.248. The van der Waals surface area contributed by atoms with E-state index in [9.17, 15) is 13.6 Å². The Kier molecular flexibility index (Phi) is 6.23. The molecular weight excluding hydrogens is 288 g/mol. The van der Waals surface area contributed by atoms with Crippen LogP contribution in [-0.2, 0) is 4.79 Å². The number of nitrogens with zero attached hydrogens (tertiary/aromatic N) is 1. The fourth-order valence-corrected chi connectivity index (χ4v) is 2.18. The molecule has 0 aliphatic heterocycles. The largest absolute Gasteiger partial charge is 0.409 e. The van der Waals surface area contributed by atoms with Crippen LogP contribution in [0.4, 0.5) is 14.5 Å². The molecule has 0 bridgehead atoms. The molecule has 0 radical (unpaired) electrons. The average molecular weight is 303 g/mol. The molecule has 1 amide bonds. The Bertz CT molecular complexity index is 497. The molecule has 0 aromatic heterocycles. The van der Waals surface area contributed by atoms with Gasteiger partial charge in [0.2, 0.25) is 5.91 Å². The van der Waals surface area contributed by atoms with Crippen LogP contribution in [0.25, 0.3) is 0 Å². The summed E-state index contributed by atoms with van der Waals surface area (Å²) in [5, 5.41) is 13.9. The second-order valence-electron chi connectivity index (χ2n) is 3.85. The fourth-order valence-electron chi connectivity index (χ4n) is 1.59. The first-order valence-corrected chi connectivity index (χ1v) is 6.69. The third kappa shape index (κ3) is 4.37. The molecule has 8 heteroatoms. The summed E-state index contributed by atoms with van der Waals surface area (Å²) in [6.45, 7) is 1.70. The van der Waals surface area contributed by atoms with Crippen molar-refractivity contribution in [2.75, 3.05) is 5.32 Å².